The molecule has 1 aliphatic rings. The summed E-state index contributed by atoms with van der Waals surface area (Å²) in [6.45, 7) is 0.308. The maximum absolute atomic E-state index is 12.5. The Bertz CT molecular complexity index is 750. The van der Waals surface area contributed by atoms with Crippen molar-refractivity contribution in [2.75, 3.05) is 6.54 Å². The normalized spacial score (nSPS) is 19.4. The number of nitrogens with zero attached hydrogens (tertiary/aromatic N) is 1. The highest BCUT2D eigenvalue weighted by molar-refractivity contribution is 5.81. The zero-order chi connectivity index (χ0) is 19.1. The topological polar surface area (TPSA) is 76.1 Å². The molecule has 1 saturated heterocycles. The van der Waals surface area contributed by atoms with Gasteiger partial charge in [-0.3, -0.25) is 4.90 Å². The number of piperidine rings is 1. The van der Waals surface area contributed by atoms with Crippen molar-refractivity contribution in [1.29, 1.82) is 0 Å². The largest absolute Gasteiger partial charge is 0.459 e. The van der Waals surface area contributed by atoms with Crippen molar-refractivity contribution < 1.29 is 24.2 Å². The summed E-state index contributed by atoms with van der Waals surface area (Å²) in [6, 6.07) is 17.9. The minimum absolute atomic E-state index is 0.0543. The van der Waals surface area contributed by atoms with Crippen molar-refractivity contribution in [3.63, 3.8) is 0 Å². The van der Waals surface area contributed by atoms with Crippen LogP contribution in [-0.2, 0) is 27.5 Å². The highest BCUT2D eigenvalue weighted by Gasteiger charge is 2.37. The molecule has 142 valence electrons. The van der Waals surface area contributed by atoms with E-state index in [2.05, 4.69) is 0 Å². The third-order valence-electron chi connectivity index (χ3n) is 4.49. The molecule has 0 unspecified atom stereocenters. The van der Waals surface area contributed by atoms with Gasteiger partial charge in [0.2, 0.25) is 0 Å². The number of likely N-dealkylation sites (tertiary alicyclic amines) is 1. The Kier molecular flexibility index (Phi) is 6.44. The number of carbonyl (C=O) groups excluding carboxylic acids is 2. The van der Waals surface area contributed by atoms with Crippen LogP contribution >= 0.6 is 0 Å². The van der Waals surface area contributed by atoms with Gasteiger partial charge in [-0.1, -0.05) is 60.7 Å². The van der Waals surface area contributed by atoms with Crippen LogP contribution in [0, 0.1) is 0 Å². The van der Waals surface area contributed by atoms with E-state index in [1.165, 1.54) is 4.90 Å². The molecule has 0 saturated carbocycles. The Morgan fingerprint density at radius 3 is 2.04 bits per heavy atom. The summed E-state index contributed by atoms with van der Waals surface area (Å²) in [7, 11) is 0. The highest BCUT2D eigenvalue weighted by Crippen LogP contribution is 2.21. The molecule has 1 amide bonds. The van der Waals surface area contributed by atoms with E-state index >= 15 is 0 Å². The quantitative estimate of drug-likeness (QED) is 0.820. The molecule has 3 rings (SSSR count). The number of rotatable bonds is 5. The van der Waals surface area contributed by atoms with Crippen LogP contribution < -0.4 is 0 Å². The monoisotopic (exact) mass is 369 g/mol. The molecule has 2 atom stereocenters. The van der Waals surface area contributed by atoms with Crippen LogP contribution in [0.4, 0.5) is 4.79 Å². The molecule has 0 bridgehead atoms. The molecule has 1 heterocycles. The van der Waals surface area contributed by atoms with Gasteiger partial charge in [0.15, 0.2) is 0 Å². The van der Waals surface area contributed by atoms with Gasteiger partial charge in [-0.15, -0.1) is 0 Å². The van der Waals surface area contributed by atoms with E-state index in [1.54, 1.807) is 0 Å². The minimum Gasteiger partial charge on any atom is -0.459 e. The van der Waals surface area contributed by atoms with E-state index in [1.807, 2.05) is 60.7 Å². The maximum Gasteiger partial charge on any atom is 0.410 e. The van der Waals surface area contributed by atoms with Crippen LogP contribution in [0.1, 0.15) is 24.0 Å². The molecular weight excluding hydrogens is 346 g/mol. The third kappa shape index (κ3) is 5.31. The lowest BCUT2D eigenvalue weighted by Crippen LogP contribution is -2.52. The van der Waals surface area contributed by atoms with Gasteiger partial charge in [0, 0.05) is 0 Å². The van der Waals surface area contributed by atoms with Crippen LogP contribution in [0.3, 0.4) is 0 Å². The van der Waals surface area contributed by atoms with E-state index < -0.39 is 24.2 Å². The first kappa shape index (κ1) is 18.9. The molecule has 0 spiro atoms. The highest BCUT2D eigenvalue weighted by atomic mass is 16.6. The van der Waals surface area contributed by atoms with Gasteiger partial charge in [0.25, 0.3) is 0 Å². The summed E-state index contributed by atoms with van der Waals surface area (Å²) < 4.78 is 10.7. The number of β-amino-alcohol motifs (C(OH)–C–C–N with tert-alkyl or cyclic N) is 1. The molecule has 1 aliphatic heterocycles. The fraction of sp³-hybridized carbons (Fsp3) is 0.333. The standard InChI is InChI=1S/C21H23NO5/c23-18-11-12-19(20(24)26-14-16-7-3-1-4-8-16)22(13-18)21(25)27-15-17-9-5-2-6-10-17/h1-10,18-19,23H,11-15H2/t18-,19+/m1/s1. The smallest absolute Gasteiger partial charge is 0.410 e. The molecule has 1 fully saturated rings. The van der Waals surface area contributed by atoms with E-state index in [9.17, 15) is 14.7 Å². The molecule has 2 aromatic carbocycles. The van der Waals surface area contributed by atoms with E-state index in [0.29, 0.717) is 12.8 Å². The summed E-state index contributed by atoms with van der Waals surface area (Å²) in [5.41, 5.74) is 1.73. The lowest BCUT2D eigenvalue weighted by Gasteiger charge is -2.35. The first-order valence-electron chi connectivity index (χ1n) is 8.99. The van der Waals surface area contributed by atoms with E-state index in [4.69, 9.17) is 9.47 Å². The summed E-state index contributed by atoms with van der Waals surface area (Å²) >= 11 is 0. The second-order valence-corrected chi connectivity index (χ2v) is 6.53. The van der Waals surface area contributed by atoms with Gasteiger partial charge in [-0.2, -0.15) is 0 Å². The molecule has 0 radical (unpaired) electrons. The van der Waals surface area contributed by atoms with Crippen LogP contribution in [0.5, 0.6) is 0 Å². The number of carbonyl (C=O) groups is 2. The molecule has 6 nitrogen and oxygen atoms in total. The van der Waals surface area contributed by atoms with Crippen molar-refractivity contribution in [2.24, 2.45) is 0 Å². The number of ether oxygens (including phenoxy) is 2. The average molecular weight is 369 g/mol. The molecule has 2 aromatic rings. The van der Waals surface area contributed by atoms with Gasteiger partial charge in [-0.05, 0) is 24.0 Å². The van der Waals surface area contributed by atoms with Crippen molar-refractivity contribution in [2.45, 2.75) is 38.2 Å². The predicted octanol–water partition coefficient (Wildman–Crippen LogP) is 2.89. The Labute approximate surface area is 158 Å². The summed E-state index contributed by atoms with van der Waals surface area (Å²) in [4.78, 5) is 26.3. The molecule has 0 aliphatic carbocycles. The van der Waals surface area contributed by atoms with Gasteiger partial charge in [0.1, 0.15) is 19.3 Å². The summed E-state index contributed by atoms with van der Waals surface area (Å²) in [6.07, 6.45) is -0.519. The zero-order valence-corrected chi connectivity index (χ0v) is 15.0. The Hall–Kier alpha value is -2.86. The number of esters is 1. The Morgan fingerprint density at radius 2 is 1.44 bits per heavy atom. The van der Waals surface area contributed by atoms with E-state index in [0.717, 1.165) is 11.1 Å². The minimum atomic E-state index is -0.750. The van der Waals surface area contributed by atoms with Crippen molar-refractivity contribution >= 4 is 12.1 Å². The van der Waals surface area contributed by atoms with Crippen LogP contribution in [0.15, 0.2) is 60.7 Å². The number of hydrogen-bond donors (Lipinski definition) is 1. The Morgan fingerprint density at radius 1 is 0.889 bits per heavy atom. The van der Waals surface area contributed by atoms with Crippen LogP contribution in [0.25, 0.3) is 0 Å². The van der Waals surface area contributed by atoms with Gasteiger partial charge in [-0.25, -0.2) is 9.59 Å². The fourth-order valence-corrected chi connectivity index (χ4v) is 3.03. The summed E-state index contributed by atoms with van der Waals surface area (Å²) in [5.74, 6) is -0.484. The average Bonchev–Trinajstić information content (AvgIpc) is 2.71. The second-order valence-electron chi connectivity index (χ2n) is 6.53. The number of amides is 1. The van der Waals surface area contributed by atoms with Gasteiger partial charge >= 0.3 is 12.1 Å². The number of aliphatic hydroxyl groups is 1. The number of hydrogen-bond acceptors (Lipinski definition) is 5. The van der Waals surface area contributed by atoms with Crippen molar-refractivity contribution in [3.05, 3.63) is 71.8 Å². The molecular formula is C21H23NO5. The SMILES string of the molecule is O=C(OCc1ccccc1)[C@@H]1CC[C@@H](O)CN1C(=O)OCc1ccccc1. The molecule has 1 N–H and O–H groups in total. The van der Waals surface area contributed by atoms with Crippen molar-refractivity contribution in [3.8, 4) is 0 Å². The second kappa shape index (κ2) is 9.19. The number of aliphatic hydroxyl groups excluding tert-OH is 1. The first-order valence-corrected chi connectivity index (χ1v) is 8.99. The Balaban J connectivity index is 1.59. The van der Waals surface area contributed by atoms with Gasteiger partial charge in [0.05, 0.1) is 12.6 Å². The van der Waals surface area contributed by atoms with Crippen LogP contribution in [-0.4, -0.2) is 40.8 Å². The maximum atomic E-state index is 12.5. The lowest BCUT2D eigenvalue weighted by molar-refractivity contribution is -0.153. The molecule has 0 aromatic heterocycles. The van der Waals surface area contributed by atoms with Gasteiger partial charge < -0.3 is 14.6 Å². The zero-order valence-electron chi connectivity index (χ0n) is 15.0. The first-order chi connectivity index (χ1) is 13.1. The van der Waals surface area contributed by atoms with Crippen molar-refractivity contribution in [1.82, 2.24) is 4.90 Å². The molecule has 6 heteroatoms. The third-order valence-corrected chi connectivity index (χ3v) is 4.49. The molecule has 27 heavy (non-hydrogen) atoms. The summed E-state index contributed by atoms with van der Waals surface area (Å²) in [5, 5.41) is 9.92. The lowest BCUT2D eigenvalue weighted by atomic mass is 10.0. The van der Waals surface area contributed by atoms with Crippen LogP contribution in [0.2, 0.25) is 0 Å². The van der Waals surface area contributed by atoms with E-state index in [-0.39, 0.29) is 19.8 Å². The number of benzene rings is 2. The fourth-order valence-electron chi connectivity index (χ4n) is 3.03. The predicted molar refractivity (Wildman–Crippen MR) is 98.6 cm³/mol.